The fraction of sp³-hybridized carbons (Fsp3) is 0.200. The van der Waals surface area contributed by atoms with Crippen LogP contribution in [0.5, 0.6) is 11.5 Å². The van der Waals surface area contributed by atoms with E-state index >= 15 is 0 Å². The molecule has 0 fully saturated rings. The molecule has 0 aliphatic carbocycles. The molecule has 0 atom stereocenters. The van der Waals surface area contributed by atoms with Crippen LogP contribution in [0.3, 0.4) is 0 Å². The summed E-state index contributed by atoms with van der Waals surface area (Å²) in [7, 11) is 1.59. The molecule has 26 heavy (non-hydrogen) atoms. The molecule has 0 bridgehead atoms. The van der Waals surface area contributed by atoms with Crippen LogP contribution in [-0.4, -0.2) is 23.2 Å². The Kier molecular flexibility index (Phi) is 6.41. The molecule has 6 heteroatoms. The van der Waals surface area contributed by atoms with Gasteiger partial charge in [-0.05, 0) is 36.4 Å². The number of ether oxygens (including phenoxy) is 2. The summed E-state index contributed by atoms with van der Waals surface area (Å²) in [6.45, 7) is 2.46. The summed E-state index contributed by atoms with van der Waals surface area (Å²) in [6, 6.07) is 15.7. The van der Waals surface area contributed by atoms with E-state index in [1.54, 1.807) is 24.9 Å². The van der Waals surface area contributed by atoms with Gasteiger partial charge in [0, 0.05) is 11.3 Å². The van der Waals surface area contributed by atoms with Crippen molar-refractivity contribution in [2.75, 3.05) is 13.7 Å². The first-order chi connectivity index (χ1) is 12.7. The van der Waals surface area contributed by atoms with Gasteiger partial charge in [-0.15, -0.1) is 0 Å². The van der Waals surface area contributed by atoms with Crippen molar-refractivity contribution >= 4 is 39.1 Å². The van der Waals surface area contributed by atoms with Crippen LogP contribution in [0, 0.1) is 0 Å². The Bertz CT molecular complexity index is 847. The highest BCUT2D eigenvalue weighted by atomic mass is 32.2. The lowest BCUT2D eigenvalue weighted by Crippen LogP contribution is -1.97. The van der Waals surface area contributed by atoms with Gasteiger partial charge in [0.2, 0.25) is 5.12 Å². The van der Waals surface area contributed by atoms with Crippen LogP contribution in [-0.2, 0) is 10.5 Å². The van der Waals surface area contributed by atoms with Crippen molar-refractivity contribution in [1.82, 2.24) is 0 Å². The van der Waals surface area contributed by atoms with Gasteiger partial charge in [-0.3, -0.25) is 4.79 Å². The molecule has 3 rings (SSSR count). The van der Waals surface area contributed by atoms with E-state index in [-0.39, 0.29) is 5.12 Å². The summed E-state index contributed by atoms with van der Waals surface area (Å²) >= 11 is 2.75. The van der Waals surface area contributed by atoms with Crippen LogP contribution in [0.15, 0.2) is 59.2 Å². The maximum Gasteiger partial charge on any atom is 0.244 e. The van der Waals surface area contributed by atoms with Crippen molar-refractivity contribution in [3.8, 4) is 11.5 Å². The second-order valence-electron chi connectivity index (χ2n) is 5.38. The van der Waals surface area contributed by atoms with E-state index in [0.717, 1.165) is 15.7 Å². The van der Waals surface area contributed by atoms with E-state index in [1.807, 2.05) is 43.3 Å². The van der Waals surface area contributed by atoms with Gasteiger partial charge in [-0.1, -0.05) is 54.2 Å². The quantitative estimate of drug-likeness (QED) is 0.655. The van der Waals surface area contributed by atoms with Crippen LogP contribution in [0.25, 0.3) is 6.08 Å². The van der Waals surface area contributed by atoms with Crippen LogP contribution in [0.1, 0.15) is 18.1 Å². The fourth-order valence-corrected chi connectivity index (χ4v) is 4.25. The molecule has 0 saturated heterocycles. The lowest BCUT2D eigenvalue weighted by atomic mass is 10.1. The summed E-state index contributed by atoms with van der Waals surface area (Å²) in [5, 5.41) is -0.0515. The molecule has 0 aromatic heterocycles. The number of hydrogen-bond donors (Lipinski definition) is 0. The molecule has 0 unspecified atom stereocenters. The molecular weight excluding hydrogens is 366 g/mol. The van der Waals surface area contributed by atoms with Gasteiger partial charge in [0.1, 0.15) is 10.1 Å². The average molecular weight is 386 g/mol. The molecule has 1 aliphatic heterocycles. The summed E-state index contributed by atoms with van der Waals surface area (Å²) in [5.41, 5.74) is 2.41. The maximum absolute atomic E-state index is 12.3. The number of aliphatic imine (C=N–C) groups is 1. The monoisotopic (exact) mass is 385 g/mol. The predicted molar refractivity (Wildman–Crippen MR) is 110 cm³/mol. The second kappa shape index (κ2) is 8.96. The molecule has 4 nitrogen and oxygen atoms in total. The molecular formula is C20H19NO3S2. The third kappa shape index (κ3) is 4.51. The molecule has 0 amide bonds. The number of para-hydroxylation sites is 1. The minimum absolute atomic E-state index is 0.0515. The van der Waals surface area contributed by atoms with Gasteiger partial charge >= 0.3 is 0 Å². The number of nitrogens with zero attached hydrogens (tertiary/aromatic N) is 1. The number of benzene rings is 2. The molecule has 1 aliphatic rings. The highest BCUT2D eigenvalue weighted by molar-refractivity contribution is 8.45. The first-order valence-corrected chi connectivity index (χ1v) is 10.0. The predicted octanol–water partition coefficient (Wildman–Crippen LogP) is 5.00. The second-order valence-corrected chi connectivity index (χ2v) is 7.57. The first-order valence-electron chi connectivity index (χ1n) is 8.20. The Labute approximate surface area is 161 Å². The molecule has 0 saturated carbocycles. The van der Waals surface area contributed by atoms with Crippen LogP contribution < -0.4 is 9.47 Å². The topological polar surface area (TPSA) is 47.9 Å². The van der Waals surface area contributed by atoms with Crippen LogP contribution in [0.4, 0.5) is 0 Å². The van der Waals surface area contributed by atoms with Crippen molar-refractivity contribution < 1.29 is 14.3 Å². The van der Waals surface area contributed by atoms with E-state index < -0.39 is 0 Å². The number of rotatable bonds is 6. The van der Waals surface area contributed by atoms with E-state index in [4.69, 9.17) is 9.47 Å². The Morgan fingerprint density at radius 3 is 2.69 bits per heavy atom. The number of methoxy groups -OCH3 is 1. The Balaban J connectivity index is 1.79. The highest BCUT2D eigenvalue weighted by Gasteiger charge is 2.23. The Morgan fingerprint density at radius 1 is 1.15 bits per heavy atom. The summed E-state index contributed by atoms with van der Waals surface area (Å²) < 4.78 is 11.8. The fourth-order valence-electron chi connectivity index (χ4n) is 2.45. The van der Waals surface area contributed by atoms with Crippen LogP contribution in [0.2, 0.25) is 0 Å². The average Bonchev–Trinajstić information content (AvgIpc) is 3.01. The van der Waals surface area contributed by atoms with E-state index in [9.17, 15) is 4.79 Å². The third-order valence-electron chi connectivity index (χ3n) is 3.61. The zero-order valence-electron chi connectivity index (χ0n) is 14.6. The van der Waals surface area contributed by atoms with E-state index in [1.165, 1.54) is 17.3 Å². The largest absolute Gasteiger partial charge is 0.492 e. The zero-order valence-corrected chi connectivity index (χ0v) is 16.2. The Morgan fingerprint density at radius 2 is 1.96 bits per heavy atom. The minimum Gasteiger partial charge on any atom is -0.492 e. The number of hydrogen-bond acceptors (Lipinski definition) is 6. The number of carbonyl (C=O) groups is 1. The minimum atomic E-state index is -0.0515. The van der Waals surface area contributed by atoms with Gasteiger partial charge in [0.05, 0.1) is 13.7 Å². The molecule has 0 radical (unpaired) electrons. The molecule has 0 N–H and O–H groups in total. The van der Waals surface area contributed by atoms with Crippen molar-refractivity contribution in [2.24, 2.45) is 4.99 Å². The lowest BCUT2D eigenvalue weighted by molar-refractivity contribution is -0.107. The smallest absolute Gasteiger partial charge is 0.244 e. The Hall–Kier alpha value is -2.18. The summed E-state index contributed by atoms with van der Waals surface area (Å²) in [6.07, 6.45) is 1.76. The SMILES string of the molecule is CCOc1cccc(/C=C2/N=C(SCc3ccccc3)SC2=O)c1OC. The van der Waals surface area contributed by atoms with E-state index in [2.05, 4.69) is 17.1 Å². The normalized spacial score (nSPS) is 15.2. The van der Waals surface area contributed by atoms with Gasteiger partial charge in [-0.2, -0.15) is 0 Å². The maximum atomic E-state index is 12.3. The zero-order chi connectivity index (χ0) is 18.4. The van der Waals surface area contributed by atoms with Gasteiger partial charge in [0.15, 0.2) is 11.5 Å². The molecule has 1 heterocycles. The van der Waals surface area contributed by atoms with Gasteiger partial charge in [0.25, 0.3) is 0 Å². The molecule has 134 valence electrons. The summed E-state index contributed by atoms with van der Waals surface area (Å²) in [4.78, 5) is 16.8. The van der Waals surface area contributed by atoms with Crippen molar-refractivity contribution in [1.29, 1.82) is 0 Å². The molecule has 2 aromatic carbocycles. The number of thioether (sulfide) groups is 2. The lowest BCUT2D eigenvalue weighted by Gasteiger charge is -2.11. The van der Waals surface area contributed by atoms with E-state index in [0.29, 0.717) is 23.8 Å². The van der Waals surface area contributed by atoms with Gasteiger partial charge in [-0.25, -0.2) is 4.99 Å². The van der Waals surface area contributed by atoms with Crippen LogP contribution >= 0.6 is 23.5 Å². The van der Waals surface area contributed by atoms with Crippen molar-refractivity contribution in [3.63, 3.8) is 0 Å². The van der Waals surface area contributed by atoms with Crippen molar-refractivity contribution in [3.05, 3.63) is 65.4 Å². The van der Waals surface area contributed by atoms with Crippen molar-refractivity contribution in [2.45, 2.75) is 12.7 Å². The standard InChI is InChI=1S/C20H19NO3S2/c1-3-24-17-11-7-10-15(18(17)23-2)12-16-19(22)26-20(21-16)25-13-14-8-5-4-6-9-14/h4-12H,3,13H2,1-2H3/b16-12+. The number of carbonyl (C=O) groups excluding carboxylic acids is 1. The highest BCUT2D eigenvalue weighted by Crippen LogP contribution is 2.36. The molecule has 0 spiro atoms. The van der Waals surface area contributed by atoms with Gasteiger partial charge < -0.3 is 9.47 Å². The summed E-state index contributed by atoms with van der Waals surface area (Å²) in [5.74, 6) is 2.06. The third-order valence-corrected chi connectivity index (χ3v) is 5.69. The first kappa shape index (κ1) is 18.6. The molecule has 2 aromatic rings.